The predicted molar refractivity (Wildman–Crippen MR) is 344 cm³/mol. The molecule has 79 heavy (non-hydrogen) atoms. The molecule has 0 aromatic carbocycles. The average molecular weight is 1110 g/mol. The van der Waals surface area contributed by atoms with Crippen molar-refractivity contribution in [2.24, 2.45) is 0 Å². The van der Waals surface area contributed by atoms with E-state index >= 15 is 0 Å². The van der Waals surface area contributed by atoms with Crippen molar-refractivity contribution in [2.45, 2.75) is 399 Å². The Kier molecular flexibility index (Phi) is 66.1. The third-order valence-electron chi connectivity index (χ3n) is 16.1. The van der Waals surface area contributed by atoms with E-state index in [0.717, 1.165) is 77.0 Å². The Labute approximate surface area is 493 Å². The van der Waals surface area contributed by atoms with Crippen LogP contribution in [0.15, 0.2) is 36.5 Å². The molecule has 0 aliphatic rings. The molecule has 0 spiro atoms. The summed E-state index contributed by atoms with van der Waals surface area (Å²) in [7, 11) is 0. The van der Waals surface area contributed by atoms with Gasteiger partial charge in [0.25, 0.3) is 0 Å². The molecule has 0 aliphatic heterocycles. The van der Waals surface area contributed by atoms with Crippen molar-refractivity contribution in [3.8, 4) is 0 Å². The molecule has 0 heterocycles. The Bertz CT molecular complexity index is 1320. The fourth-order valence-electron chi connectivity index (χ4n) is 10.8. The third-order valence-corrected chi connectivity index (χ3v) is 16.1. The lowest BCUT2D eigenvalue weighted by Crippen LogP contribution is -2.30. The highest BCUT2D eigenvalue weighted by Crippen LogP contribution is 2.18. The van der Waals surface area contributed by atoms with Crippen LogP contribution in [0.2, 0.25) is 0 Å². The normalized spacial score (nSPS) is 12.2. The summed E-state index contributed by atoms with van der Waals surface area (Å²) in [6.45, 7) is 6.69. The molecule has 0 N–H and O–H groups in total. The lowest BCUT2D eigenvalue weighted by Gasteiger charge is -2.18. The van der Waals surface area contributed by atoms with Gasteiger partial charge in [-0.05, 0) is 77.0 Å². The summed E-state index contributed by atoms with van der Waals surface area (Å²) in [6.07, 6.45) is 84.5. The fourth-order valence-corrected chi connectivity index (χ4v) is 10.8. The van der Waals surface area contributed by atoms with Crippen molar-refractivity contribution in [3.63, 3.8) is 0 Å². The lowest BCUT2D eigenvalue weighted by atomic mass is 10.0. The molecule has 0 aromatic rings. The summed E-state index contributed by atoms with van der Waals surface area (Å²) in [5.74, 6) is -0.857. The van der Waals surface area contributed by atoms with Gasteiger partial charge in [-0.3, -0.25) is 14.4 Å². The third kappa shape index (κ3) is 66.3. The molecule has 1 atom stereocenters. The first-order valence-corrected chi connectivity index (χ1v) is 35.5. The van der Waals surface area contributed by atoms with Crippen LogP contribution in [0.4, 0.5) is 0 Å². The van der Waals surface area contributed by atoms with Crippen LogP contribution in [-0.4, -0.2) is 37.2 Å². The molecule has 464 valence electrons. The lowest BCUT2D eigenvalue weighted by molar-refractivity contribution is -0.167. The van der Waals surface area contributed by atoms with Gasteiger partial charge in [0.1, 0.15) is 13.2 Å². The number of allylic oxidation sites excluding steroid dienone is 6. The zero-order valence-electron chi connectivity index (χ0n) is 53.4. The van der Waals surface area contributed by atoms with E-state index < -0.39 is 6.10 Å². The highest BCUT2D eigenvalue weighted by Gasteiger charge is 2.19. The van der Waals surface area contributed by atoms with Crippen molar-refractivity contribution < 1.29 is 28.6 Å². The van der Waals surface area contributed by atoms with Gasteiger partial charge in [0.2, 0.25) is 0 Å². The summed E-state index contributed by atoms with van der Waals surface area (Å²) in [6, 6.07) is 0. The van der Waals surface area contributed by atoms with Crippen LogP contribution in [0.1, 0.15) is 393 Å². The standard InChI is InChI=1S/C73H136O6/c1-4-7-10-13-16-19-22-25-28-31-33-35-37-39-40-42-45-48-51-54-57-60-63-66-72(75)78-69-70(68-77-71(74)65-62-59-56-53-50-47-44-30-27-24-21-18-15-12-9-6-3)79-73(76)67-64-61-58-55-52-49-46-43-41-38-36-34-32-29-26-23-20-17-14-11-8-5-2/h21,24,30-31,33,44,70H,4-20,22-23,25-29,32,34-43,45-69H2,1-3H3/b24-21-,33-31-,44-30-. The van der Waals surface area contributed by atoms with Gasteiger partial charge in [0.05, 0.1) is 0 Å². The van der Waals surface area contributed by atoms with Crippen LogP contribution in [0.25, 0.3) is 0 Å². The first-order valence-electron chi connectivity index (χ1n) is 35.5. The molecule has 0 aromatic heterocycles. The number of unbranched alkanes of at least 4 members (excludes halogenated alkanes) is 49. The Morgan fingerprint density at radius 2 is 0.456 bits per heavy atom. The number of carbonyl (C=O) groups is 3. The van der Waals surface area contributed by atoms with Gasteiger partial charge in [-0.15, -0.1) is 0 Å². The molecular weight excluding hydrogens is 973 g/mol. The number of hydrogen-bond acceptors (Lipinski definition) is 6. The maximum Gasteiger partial charge on any atom is 0.306 e. The highest BCUT2D eigenvalue weighted by molar-refractivity contribution is 5.71. The molecule has 0 saturated heterocycles. The van der Waals surface area contributed by atoms with Crippen molar-refractivity contribution in [1.29, 1.82) is 0 Å². The maximum absolute atomic E-state index is 13.0. The quantitative estimate of drug-likeness (QED) is 0.0261. The molecule has 0 aliphatic carbocycles. The second-order valence-electron chi connectivity index (χ2n) is 24.1. The van der Waals surface area contributed by atoms with Crippen LogP contribution >= 0.6 is 0 Å². The first kappa shape index (κ1) is 76.6. The molecule has 0 rings (SSSR count). The maximum atomic E-state index is 13.0. The Balaban J connectivity index is 4.30. The average Bonchev–Trinajstić information content (AvgIpc) is 3.45. The zero-order chi connectivity index (χ0) is 57.1. The minimum Gasteiger partial charge on any atom is -0.462 e. The van der Waals surface area contributed by atoms with Crippen molar-refractivity contribution >= 4 is 17.9 Å². The summed E-state index contributed by atoms with van der Waals surface area (Å²) in [5.41, 5.74) is 0. The van der Waals surface area contributed by atoms with Crippen molar-refractivity contribution in [3.05, 3.63) is 36.5 Å². The van der Waals surface area contributed by atoms with Gasteiger partial charge in [-0.2, -0.15) is 0 Å². The van der Waals surface area contributed by atoms with Gasteiger partial charge in [-0.1, -0.05) is 333 Å². The monoisotopic (exact) mass is 1110 g/mol. The summed E-state index contributed by atoms with van der Waals surface area (Å²) in [5, 5.41) is 0. The molecule has 0 amide bonds. The molecular formula is C73H136O6. The molecule has 0 fully saturated rings. The van der Waals surface area contributed by atoms with Gasteiger partial charge < -0.3 is 14.2 Å². The van der Waals surface area contributed by atoms with E-state index in [1.165, 1.54) is 276 Å². The van der Waals surface area contributed by atoms with Crippen LogP contribution in [-0.2, 0) is 28.6 Å². The number of hydrogen-bond donors (Lipinski definition) is 0. The first-order chi connectivity index (χ1) is 39.0. The summed E-state index contributed by atoms with van der Waals surface area (Å²) >= 11 is 0. The van der Waals surface area contributed by atoms with Crippen LogP contribution in [0.3, 0.4) is 0 Å². The van der Waals surface area contributed by atoms with Crippen LogP contribution in [0.5, 0.6) is 0 Å². The van der Waals surface area contributed by atoms with Crippen molar-refractivity contribution in [1.82, 2.24) is 0 Å². The molecule has 6 heteroatoms. The summed E-state index contributed by atoms with van der Waals surface area (Å²) in [4.78, 5) is 38.5. The van der Waals surface area contributed by atoms with E-state index in [-0.39, 0.29) is 31.1 Å². The van der Waals surface area contributed by atoms with E-state index in [0.29, 0.717) is 19.3 Å². The van der Waals surface area contributed by atoms with E-state index in [2.05, 4.69) is 57.2 Å². The smallest absolute Gasteiger partial charge is 0.306 e. The minimum absolute atomic E-state index is 0.0724. The van der Waals surface area contributed by atoms with E-state index in [1.807, 2.05) is 0 Å². The SMILES string of the molecule is CCCCCC/C=C\C/C=C\CCCCCCCC(=O)OCC(COC(=O)CCCCCCCCCCCCC/C=C\CCCCCCCCCC)OC(=O)CCCCCCCCCCCCCCCCCCCCCCCC. The summed E-state index contributed by atoms with van der Waals surface area (Å²) < 4.78 is 17.0. The van der Waals surface area contributed by atoms with E-state index in [4.69, 9.17) is 14.2 Å². The Morgan fingerprint density at radius 1 is 0.253 bits per heavy atom. The second kappa shape index (κ2) is 68.1. The molecule has 0 radical (unpaired) electrons. The van der Waals surface area contributed by atoms with Gasteiger partial charge in [0, 0.05) is 19.3 Å². The fraction of sp³-hybridized carbons (Fsp3) is 0.877. The Hall–Kier alpha value is -2.37. The van der Waals surface area contributed by atoms with Crippen LogP contribution in [0, 0.1) is 0 Å². The van der Waals surface area contributed by atoms with Gasteiger partial charge >= 0.3 is 17.9 Å². The minimum atomic E-state index is -0.777. The Morgan fingerprint density at radius 3 is 0.722 bits per heavy atom. The van der Waals surface area contributed by atoms with E-state index in [9.17, 15) is 14.4 Å². The van der Waals surface area contributed by atoms with E-state index in [1.54, 1.807) is 0 Å². The second-order valence-corrected chi connectivity index (χ2v) is 24.1. The molecule has 0 saturated carbocycles. The predicted octanol–water partition coefficient (Wildman–Crippen LogP) is 24.3. The number of rotatable bonds is 66. The zero-order valence-corrected chi connectivity index (χ0v) is 53.4. The number of carbonyl (C=O) groups excluding carboxylic acids is 3. The largest absolute Gasteiger partial charge is 0.462 e. The van der Waals surface area contributed by atoms with Crippen molar-refractivity contribution in [2.75, 3.05) is 13.2 Å². The van der Waals surface area contributed by atoms with Gasteiger partial charge in [-0.25, -0.2) is 0 Å². The highest BCUT2D eigenvalue weighted by atomic mass is 16.6. The number of esters is 3. The molecule has 1 unspecified atom stereocenters. The van der Waals surface area contributed by atoms with Gasteiger partial charge in [0.15, 0.2) is 6.10 Å². The molecule has 6 nitrogen and oxygen atoms in total. The number of ether oxygens (including phenoxy) is 3. The molecule has 0 bridgehead atoms. The van der Waals surface area contributed by atoms with Crippen LogP contribution < -0.4 is 0 Å². The topological polar surface area (TPSA) is 78.9 Å².